The van der Waals surface area contributed by atoms with Gasteiger partial charge in [0.2, 0.25) is 0 Å². The first kappa shape index (κ1) is 14.6. The summed E-state index contributed by atoms with van der Waals surface area (Å²) >= 11 is 0. The molecule has 0 saturated heterocycles. The Bertz CT molecular complexity index is 350. The summed E-state index contributed by atoms with van der Waals surface area (Å²) in [4.78, 5) is 3.56. The van der Waals surface area contributed by atoms with Crippen LogP contribution in [0.3, 0.4) is 0 Å². The highest BCUT2D eigenvalue weighted by atomic mass is 15.5. The van der Waals surface area contributed by atoms with E-state index in [9.17, 15) is 0 Å². The molecule has 0 spiro atoms. The van der Waals surface area contributed by atoms with E-state index in [1.807, 2.05) is 6.07 Å². The number of nitrogens with one attached hydrogen (secondary N) is 4. The molecule has 0 aliphatic carbocycles. The van der Waals surface area contributed by atoms with Crippen LogP contribution < -0.4 is 0 Å². The maximum atomic E-state index is 3.60. The molecule has 0 amide bonds. The van der Waals surface area contributed by atoms with E-state index in [0.29, 0.717) is 0 Å². The fourth-order valence-corrected chi connectivity index (χ4v) is 0.678. The van der Waals surface area contributed by atoms with Crippen LogP contribution in [0.15, 0.2) is 49.8 Å². The van der Waals surface area contributed by atoms with E-state index in [1.165, 1.54) is 19.0 Å². The van der Waals surface area contributed by atoms with Crippen LogP contribution in [-0.4, -0.2) is 61.4 Å². The molecule has 0 aromatic carbocycles. The first-order valence-electron chi connectivity index (χ1n) is 5.20. The molecule has 4 rings (SSSR count). The number of rotatable bonds is 0. The van der Waals surface area contributed by atoms with Crippen LogP contribution in [0.4, 0.5) is 0 Å². The van der Waals surface area contributed by atoms with Crippen molar-refractivity contribution in [2.24, 2.45) is 0 Å². The molecule has 12 nitrogen and oxygen atoms in total. The van der Waals surface area contributed by atoms with E-state index >= 15 is 0 Å². The van der Waals surface area contributed by atoms with E-state index in [2.05, 4.69) is 61.4 Å². The molecule has 4 heterocycles. The van der Waals surface area contributed by atoms with Crippen LogP contribution in [-0.2, 0) is 0 Å². The summed E-state index contributed by atoms with van der Waals surface area (Å²) in [5, 5.41) is 33.6. The topological polar surface area (TPSA) is 166 Å². The Balaban J connectivity index is 0.000000133. The predicted octanol–water partition coefficient (Wildman–Crippen LogP) is -0.781. The molecule has 12 heteroatoms. The van der Waals surface area contributed by atoms with Crippen LogP contribution in [0.2, 0.25) is 0 Å². The number of nitrogens with zero attached hydrogens (tertiary/aromatic N) is 8. The molecule has 0 fully saturated rings. The number of hydrogen-bond acceptors (Lipinski definition) is 8. The fourth-order valence-electron chi connectivity index (χ4n) is 0.678. The minimum Gasteiger partial charge on any atom is -0.286 e. The van der Waals surface area contributed by atoms with Gasteiger partial charge in [0.15, 0.2) is 0 Å². The highest BCUT2D eigenvalue weighted by Crippen LogP contribution is 1.64. The van der Waals surface area contributed by atoms with Gasteiger partial charge in [-0.05, 0) is 16.5 Å². The first-order chi connectivity index (χ1) is 10.0. The fraction of sp³-hybridized carbons (Fsp3) is 0. The van der Waals surface area contributed by atoms with Gasteiger partial charge in [-0.15, -0.1) is 10.2 Å². The molecule has 0 bridgehead atoms. The van der Waals surface area contributed by atoms with Crippen molar-refractivity contribution in [1.82, 2.24) is 61.4 Å². The third-order valence-corrected chi connectivity index (χ3v) is 1.34. The standard InChI is InChI=1S/C3H4N2.2C2H3N3.CH2N4/c1-2-4-5-3-1;1-3-2-5-4-1;2*1-2-4-5-3-1/h1-3H,(H,4,5);2*1-2H,(H,3,4,5);1H,(H,2,3,4,5). The summed E-state index contributed by atoms with van der Waals surface area (Å²) in [6.45, 7) is 0. The van der Waals surface area contributed by atoms with Crippen molar-refractivity contribution in [3.63, 3.8) is 0 Å². The Kier molecular flexibility index (Phi) is 8.79. The molecule has 0 saturated carbocycles. The number of hydrogen-bond donors (Lipinski definition) is 4. The average Bonchev–Trinajstić information content (AvgIpc) is 3.40. The van der Waals surface area contributed by atoms with Gasteiger partial charge in [0.1, 0.15) is 19.0 Å². The van der Waals surface area contributed by atoms with Crippen molar-refractivity contribution >= 4 is 0 Å². The lowest BCUT2D eigenvalue weighted by molar-refractivity contribution is 0.881. The van der Waals surface area contributed by atoms with Crippen LogP contribution >= 0.6 is 0 Å². The number of aromatic amines is 4. The molecule has 0 radical (unpaired) electrons. The third kappa shape index (κ3) is 9.76. The van der Waals surface area contributed by atoms with Gasteiger partial charge in [0.05, 0.1) is 6.20 Å². The van der Waals surface area contributed by atoms with Gasteiger partial charge in [0.25, 0.3) is 0 Å². The Hall–Kier alpha value is -3.44. The van der Waals surface area contributed by atoms with Crippen LogP contribution in [0.5, 0.6) is 0 Å². The summed E-state index contributed by atoms with van der Waals surface area (Å²) in [6.07, 6.45) is 11.1. The number of tetrazole rings is 1. The van der Waals surface area contributed by atoms with Gasteiger partial charge in [0, 0.05) is 18.6 Å². The van der Waals surface area contributed by atoms with Crippen molar-refractivity contribution in [2.45, 2.75) is 0 Å². The van der Waals surface area contributed by atoms with Crippen molar-refractivity contribution in [3.05, 3.63) is 49.8 Å². The van der Waals surface area contributed by atoms with Crippen molar-refractivity contribution in [1.29, 1.82) is 0 Å². The van der Waals surface area contributed by atoms with E-state index in [4.69, 9.17) is 0 Å². The quantitative estimate of drug-likeness (QED) is 0.324. The van der Waals surface area contributed by atoms with E-state index in [1.54, 1.807) is 24.8 Å². The van der Waals surface area contributed by atoms with E-state index in [0.717, 1.165) is 0 Å². The largest absolute Gasteiger partial charge is 0.286 e. The third-order valence-electron chi connectivity index (χ3n) is 1.34. The first-order valence-corrected chi connectivity index (χ1v) is 5.20. The van der Waals surface area contributed by atoms with Crippen molar-refractivity contribution in [3.8, 4) is 0 Å². The maximum absolute atomic E-state index is 3.60. The molecule has 4 aromatic rings. The minimum absolute atomic E-state index is 1.40. The second-order valence-corrected chi connectivity index (χ2v) is 2.64. The Labute approximate surface area is 112 Å². The lowest BCUT2D eigenvalue weighted by Gasteiger charge is -1.49. The SMILES string of the molecule is c1c[nH]nn1.c1cn[nH]c1.c1nc[nH]n1.c1nnn[nH]1. The zero-order valence-corrected chi connectivity index (χ0v) is 10.2. The molecule has 20 heavy (non-hydrogen) atoms. The summed E-state index contributed by atoms with van der Waals surface area (Å²) in [5.41, 5.74) is 0. The van der Waals surface area contributed by atoms with Crippen LogP contribution in [0, 0.1) is 0 Å². The summed E-state index contributed by atoms with van der Waals surface area (Å²) < 4.78 is 0. The molecule has 4 aromatic heterocycles. The molecule has 0 aliphatic heterocycles. The average molecular weight is 276 g/mol. The van der Waals surface area contributed by atoms with Crippen molar-refractivity contribution < 1.29 is 0 Å². The highest BCUT2D eigenvalue weighted by molar-refractivity contribution is 4.72. The molecular formula is C8H12N12. The lowest BCUT2D eigenvalue weighted by Crippen LogP contribution is -1.64. The Morgan fingerprint density at radius 2 is 1.70 bits per heavy atom. The highest BCUT2D eigenvalue weighted by Gasteiger charge is 1.59. The zero-order valence-electron chi connectivity index (χ0n) is 10.2. The minimum atomic E-state index is 1.40. The predicted molar refractivity (Wildman–Crippen MR) is 65.5 cm³/mol. The molecule has 0 atom stereocenters. The zero-order chi connectivity index (χ0) is 14.1. The molecule has 0 unspecified atom stereocenters. The maximum Gasteiger partial charge on any atom is 0.137 e. The van der Waals surface area contributed by atoms with Gasteiger partial charge >= 0.3 is 0 Å². The van der Waals surface area contributed by atoms with Crippen molar-refractivity contribution in [2.75, 3.05) is 0 Å². The van der Waals surface area contributed by atoms with Gasteiger partial charge in [-0.3, -0.25) is 15.3 Å². The molecule has 104 valence electrons. The lowest BCUT2D eigenvalue weighted by atomic mass is 10.8. The van der Waals surface area contributed by atoms with E-state index in [-0.39, 0.29) is 0 Å². The van der Waals surface area contributed by atoms with Crippen LogP contribution in [0.1, 0.15) is 0 Å². The second kappa shape index (κ2) is 12.0. The Morgan fingerprint density at radius 3 is 1.90 bits per heavy atom. The van der Waals surface area contributed by atoms with Gasteiger partial charge in [-0.2, -0.15) is 10.2 Å². The second-order valence-electron chi connectivity index (χ2n) is 2.64. The van der Waals surface area contributed by atoms with Gasteiger partial charge in [-0.1, -0.05) is 5.21 Å². The molecule has 4 N–H and O–H groups in total. The number of H-pyrrole nitrogens is 4. The summed E-state index contributed by atoms with van der Waals surface area (Å²) in [7, 11) is 0. The Morgan fingerprint density at radius 1 is 0.700 bits per heavy atom. The smallest absolute Gasteiger partial charge is 0.137 e. The molecular weight excluding hydrogens is 264 g/mol. The summed E-state index contributed by atoms with van der Waals surface area (Å²) in [5.74, 6) is 0. The normalized spacial score (nSPS) is 8.00. The van der Waals surface area contributed by atoms with Gasteiger partial charge < -0.3 is 0 Å². The number of aromatic nitrogens is 12. The van der Waals surface area contributed by atoms with Gasteiger partial charge in [-0.25, -0.2) is 10.1 Å². The monoisotopic (exact) mass is 276 g/mol. The summed E-state index contributed by atoms with van der Waals surface area (Å²) in [6, 6.07) is 1.83. The van der Waals surface area contributed by atoms with E-state index < -0.39 is 0 Å². The van der Waals surface area contributed by atoms with Crippen LogP contribution in [0.25, 0.3) is 0 Å². The molecule has 0 aliphatic rings.